The number of esters is 1. The summed E-state index contributed by atoms with van der Waals surface area (Å²) in [6, 6.07) is 0. The average Bonchev–Trinajstić information content (AvgIpc) is 3.15. The molecule has 2 aliphatic rings. The number of rotatable bonds is 6. The van der Waals surface area contributed by atoms with Crippen molar-refractivity contribution >= 4 is 5.97 Å². The normalized spacial score (nSPS) is 34.2. The maximum Gasteiger partial charge on any atom is 0.309 e. The van der Waals surface area contributed by atoms with Gasteiger partial charge >= 0.3 is 5.97 Å². The van der Waals surface area contributed by atoms with Gasteiger partial charge in [-0.3, -0.25) is 4.79 Å². The van der Waals surface area contributed by atoms with Gasteiger partial charge in [-0.2, -0.15) is 0 Å². The molecular formula is C14H24O4. The average molecular weight is 256 g/mol. The lowest BCUT2D eigenvalue weighted by Gasteiger charge is -2.28. The van der Waals surface area contributed by atoms with Crippen LogP contribution in [0.3, 0.4) is 0 Å². The molecule has 0 aromatic rings. The lowest BCUT2D eigenvalue weighted by atomic mass is 9.87. The van der Waals surface area contributed by atoms with Crippen LogP contribution >= 0.6 is 0 Å². The Labute approximate surface area is 109 Å². The highest BCUT2D eigenvalue weighted by molar-refractivity contribution is 5.72. The Hall–Kier alpha value is -0.610. The molecule has 2 rings (SSSR count). The molecule has 1 saturated heterocycles. The van der Waals surface area contributed by atoms with Gasteiger partial charge in [0.25, 0.3) is 0 Å². The van der Waals surface area contributed by atoms with E-state index in [-0.39, 0.29) is 36.3 Å². The number of hydrogen-bond donors (Lipinski definition) is 0. The minimum absolute atomic E-state index is 0.0481. The predicted octanol–water partition coefficient (Wildman–Crippen LogP) is 2.30. The summed E-state index contributed by atoms with van der Waals surface area (Å²) in [7, 11) is 0. The smallest absolute Gasteiger partial charge is 0.309 e. The van der Waals surface area contributed by atoms with Gasteiger partial charge in [-0.15, -0.1) is 0 Å². The Morgan fingerprint density at radius 1 is 1.28 bits per heavy atom. The summed E-state index contributed by atoms with van der Waals surface area (Å²) >= 11 is 0. The van der Waals surface area contributed by atoms with Crippen molar-refractivity contribution in [3.05, 3.63) is 0 Å². The van der Waals surface area contributed by atoms with Crippen molar-refractivity contribution in [1.82, 2.24) is 0 Å². The molecule has 4 atom stereocenters. The Morgan fingerprint density at radius 2 is 2.00 bits per heavy atom. The second-order valence-corrected chi connectivity index (χ2v) is 5.17. The fourth-order valence-corrected chi connectivity index (χ4v) is 2.78. The molecule has 1 saturated carbocycles. The zero-order valence-corrected chi connectivity index (χ0v) is 11.6. The highest BCUT2D eigenvalue weighted by Gasteiger charge is 2.53. The first-order chi connectivity index (χ1) is 8.69. The van der Waals surface area contributed by atoms with E-state index in [1.807, 2.05) is 6.92 Å². The molecule has 104 valence electrons. The number of fused-ring (bicyclic) bond motifs is 1. The van der Waals surface area contributed by atoms with Crippen LogP contribution in [0.4, 0.5) is 0 Å². The predicted molar refractivity (Wildman–Crippen MR) is 67.3 cm³/mol. The van der Waals surface area contributed by atoms with Crippen LogP contribution in [0.5, 0.6) is 0 Å². The Morgan fingerprint density at radius 3 is 2.61 bits per heavy atom. The second-order valence-electron chi connectivity index (χ2n) is 5.17. The Bertz CT molecular complexity index is 288. The molecule has 1 aliphatic heterocycles. The van der Waals surface area contributed by atoms with E-state index >= 15 is 0 Å². The van der Waals surface area contributed by atoms with Crippen molar-refractivity contribution in [1.29, 1.82) is 0 Å². The summed E-state index contributed by atoms with van der Waals surface area (Å²) in [6.07, 6.45) is 4.35. The standard InChI is InChI=1S/C14H24O4/c1-4-10(5-2)17-11-7-9(14(15)16-6-3)8-12-13(11)18-12/h9-13H,4-8H2,1-3H3/t9?,11-,12+,13-/m1/s1. The van der Waals surface area contributed by atoms with E-state index in [0.29, 0.717) is 6.61 Å². The highest BCUT2D eigenvalue weighted by atomic mass is 16.6. The van der Waals surface area contributed by atoms with Gasteiger partial charge in [0.15, 0.2) is 0 Å². The molecule has 0 amide bonds. The fourth-order valence-electron chi connectivity index (χ4n) is 2.78. The zero-order chi connectivity index (χ0) is 13.1. The maximum atomic E-state index is 11.8. The van der Waals surface area contributed by atoms with Gasteiger partial charge in [-0.25, -0.2) is 0 Å². The number of ether oxygens (including phenoxy) is 3. The van der Waals surface area contributed by atoms with Crippen LogP contribution in [0.15, 0.2) is 0 Å². The monoisotopic (exact) mass is 256 g/mol. The van der Waals surface area contributed by atoms with Crippen LogP contribution in [0.25, 0.3) is 0 Å². The van der Waals surface area contributed by atoms with E-state index in [1.165, 1.54) is 0 Å². The lowest BCUT2D eigenvalue weighted by molar-refractivity contribution is -0.151. The van der Waals surface area contributed by atoms with E-state index in [4.69, 9.17) is 14.2 Å². The summed E-state index contributed by atoms with van der Waals surface area (Å²) in [5.41, 5.74) is 0. The summed E-state index contributed by atoms with van der Waals surface area (Å²) in [5, 5.41) is 0. The van der Waals surface area contributed by atoms with E-state index in [9.17, 15) is 4.79 Å². The molecular weight excluding hydrogens is 232 g/mol. The van der Waals surface area contributed by atoms with E-state index < -0.39 is 0 Å². The molecule has 2 fully saturated rings. The fraction of sp³-hybridized carbons (Fsp3) is 0.929. The van der Waals surface area contributed by atoms with Crippen LogP contribution in [0.2, 0.25) is 0 Å². The highest BCUT2D eigenvalue weighted by Crippen LogP contribution is 2.42. The van der Waals surface area contributed by atoms with Crippen LogP contribution in [0.1, 0.15) is 46.5 Å². The minimum atomic E-state index is -0.0930. The van der Waals surface area contributed by atoms with Crippen molar-refractivity contribution in [3.8, 4) is 0 Å². The third-order valence-electron chi connectivity index (χ3n) is 3.92. The first-order valence-corrected chi connectivity index (χ1v) is 7.17. The van der Waals surface area contributed by atoms with E-state index in [2.05, 4.69) is 13.8 Å². The molecule has 0 radical (unpaired) electrons. The van der Waals surface area contributed by atoms with Crippen molar-refractivity contribution in [3.63, 3.8) is 0 Å². The van der Waals surface area contributed by atoms with Crippen molar-refractivity contribution < 1.29 is 19.0 Å². The molecule has 0 spiro atoms. The lowest BCUT2D eigenvalue weighted by Crippen LogP contribution is -2.36. The molecule has 1 aliphatic carbocycles. The largest absolute Gasteiger partial charge is 0.466 e. The molecule has 0 aromatic heterocycles. The molecule has 4 heteroatoms. The van der Waals surface area contributed by atoms with E-state index in [0.717, 1.165) is 25.7 Å². The quantitative estimate of drug-likeness (QED) is 0.540. The molecule has 1 unspecified atom stereocenters. The third-order valence-corrected chi connectivity index (χ3v) is 3.92. The Balaban J connectivity index is 1.89. The number of epoxide rings is 1. The SMILES string of the molecule is CCOC(=O)C1C[C@@H]2O[C@@H]2[C@H](OC(CC)CC)C1. The maximum absolute atomic E-state index is 11.8. The second kappa shape index (κ2) is 6.02. The molecule has 0 bridgehead atoms. The van der Waals surface area contributed by atoms with Gasteiger partial charge in [0.1, 0.15) is 6.10 Å². The molecule has 18 heavy (non-hydrogen) atoms. The van der Waals surface area contributed by atoms with Gasteiger partial charge in [0.05, 0.1) is 30.8 Å². The zero-order valence-electron chi connectivity index (χ0n) is 11.6. The number of carbonyl (C=O) groups is 1. The summed E-state index contributed by atoms with van der Waals surface area (Å²) < 4.78 is 16.8. The van der Waals surface area contributed by atoms with Crippen LogP contribution < -0.4 is 0 Å². The summed E-state index contributed by atoms with van der Waals surface area (Å²) in [6.45, 7) is 6.55. The van der Waals surface area contributed by atoms with Gasteiger partial charge in [0.2, 0.25) is 0 Å². The molecule has 0 N–H and O–H groups in total. The number of carbonyl (C=O) groups excluding carboxylic acids is 1. The van der Waals surface area contributed by atoms with Crippen molar-refractivity contribution in [2.45, 2.75) is 70.9 Å². The van der Waals surface area contributed by atoms with Crippen LogP contribution in [0, 0.1) is 5.92 Å². The number of hydrogen-bond acceptors (Lipinski definition) is 4. The first-order valence-electron chi connectivity index (χ1n) is 7.17. The van der Waals surface area contributed by atoms with Gasteiger partial charge in [0, 0.05) is 0 Å². The minimum Gasteiger partial charge on any atom is -0.466 e. The summed E-state index contributed by atoms with van der Waals surface area (Å²) in [4.78, 5) is 11.8. The summed E-state index contributed by atoms with van der Waals surface area (Å²) in [5.74, 6) is -0.141. The molecule has 1 heterocycles. The molecule has 4 nitrogen and oxygen atoms in total. The van der Waals surface area contributed by atoms with Gasteiger partial charge < -0.3 is 14.2 Å². The van der Waals surface area contributed by atoms with E-state index in [1.54, 1.807) is 0 Å². The van der Waals surface area contributed by atoms with Crippen LogP contribution in [-0.4, -0.2) is 37.0 Å². The third kappa shape index (κ3) is 3.04. The van der Waals surface area contributed by atoms with Gasteiger partial charge in [-0.1, -0.05) is 13.8 Å². The Kier molecular flexibility index (Phi) is 4.62. The molecule has 0 aromatic carbocycles. The van der Waals surface area contributed by atoms with Crippen LogP contribution in [-0.2, 0) is 19.0 Å². The van der Waals surface area contributed by atoms with Gasteiger partial charge in [-0.05, 0) is 32.6 Å². The topological polar surface area (TPSA) is 48.1 Å². The van der Waals surface area contributed by atoms with Crippen molar-refractivity contribution in [2.24, 2.45) is 5.92 Å². The van der Waals surface area contributed by atoms with Crippen molar-refractivity contribution in [2.75, 3.05) is 6.61 Å². The first kappa shape index (κ1) is 13.8.